The van der Waals surface area contributed by atoms with E-state index in [1.165, 1.54) is 0 Å². The van der Waals surface area contributed by atoms with Crippen LogP contribution in [0.25, 0.3) is 5.65 Å². The Bertz CT molecular complexity index is 830. The van der Waals surface area contributed by atoms with E-state index in [-0.39, 0.29) is 0 Å². The molecule has 5 nitrogen and oxygen atoms in total. The maximum Gasteiger partial charge on any atom is 0.197 e. The van der Waals surface area contributed by atoms with Crippen molar-refractivity contribution in [2.75, 3.05) is 0 Å². The van der Waals surface area contributed by atoms with Gasteiger partial charge in [0.15, 0.2) is 10.8 Å². The van der Waals surface area contributed by atoms with Gasteiger partial charge in [0.1, 0.15) is 5.82 Å². The summed E-state index contributed by atoms with van der Waals surface area (Å²) in [5.41, 5.74) is 3.58. The van der Waals surface area contributed by atoms with Gasteiger partial charge in [-0.1, -0.05) is 23.9 Å². The van der Waals surface area contributed by atoms with Crippen molar-refractivity contribution < 1.29 is 0 Å². The van der Waals surface area contributed by atoms with Crippen molar-refractivity contribution in [1.82, 2.24) is 19.6 Å². The molecule has 3 rings (SSSR count). The van der Waals surface area contributed by atoms with Gasteiger partial charge in [-0.25, -0.2) is 4.98 Å². The van der Waals surface area contributed by atoms with Gasteiger partial charge in [0.2, 0.25) is 0 Å². The van der Waals surface area contributed by atoms with Crippen molar-refractivity contribution in [2.45, 2.75) is 24.8 Å². The van der Waals surface area contributed by atoms with Crippen LogP contribution in [0.3, 0.4) is 0 Å². The predicted octanol–water partition coefficient (Wildman–Crippen LogP) is 2.91. The Hall–Kier alpha value is -2.39. The fraction of sp³-hybridized carbons (Fsp3) is 0.200. The first kappa shape index (κ1) is 13.6. The first-order chi connectivity index (χ1) is 10.2. The molecule has 0 saturated carbocycles. The van der Waals surface area contributed by atoms with E-state index in [2.05, 4.69) is 21.3 Å². The Morgan fingerprint density at radius 2 is 1.95 bits per heavy atom. The molecule has 2 aromatic heterocycles. The van der Waals surface area contributed by atoms with E-state index >= 15 is 0 Å². The van der Waals surface area contributed by atoms with Crippen LogP contribution < -0.4 is 0 Å². The number of aryl methyl sites for hydroxylation is 2. The highest BCUT2D eigenvalue weighted by Crippen LogP contribution is 2.22. The molecule has 0 saturated heterocycles. The molecule has 21 heavy (non-hydrogen) atoms. The van der Waals surface area contributed by atoms with Crippen molar-refractivity contribution in [3.63, 3.8) is 0 Å². The molecule has 1 aromatic carbocycles. The number of nitriles is 1. The second-order valence-corrected chi connectivity index (χ2v) is 5.66. The largest absolute Gasteiger partial charge is 0.258 e. The SMILES string of the molecule is Cc1cc2nnc(SCc3ccc(C#N)cc3)n2c(C)n1. The van der Waals surface area contributed by atoms with E-state index in [9.17, 15) is 0 Å². The van der Waals surface area contributed by atoms with E-state index in [4.69, 9.17) is 5.26 Å². The molecule has 0 aliphatic rings. The first-order valence-electron chi connectivity index (χ1n) is 6.48. The molecule has 0 fully saturated rings. The monoisotopic (exact) mass is 295 g/mol. The summed E-state index contributed by atoms with van der Waals surface area (Å²) in [5, 5.41) is 18.0. The van der Waals surface area contributed by atoms with Gasteiger partial charge < -0.3 is 0 Å². The smallest absolute Gasteiger partial charge is 0.197 e. The molecular weight excluding hydrogens is 282 g/mol. The van der Waals surface area contributed by atoms with E-state index in [0.29, 0.717) is 5.56 Å². The van der Waals surface area contributed by atoms with Gasteiger partial charge in [0.05, 0.1) is 11.6 Å². The third-order valence-electron chi connectivity index (χ3n) is 3.11. The van der Waals surface area contributed by atoms with E-state index in [1.54, 1.807) is 11.8 Å². The molecule has 0 atom stereocenters. The second-order valence-electron chi connectivity index (χ2n) is 4.72. The minimum atomic E-state index is 0.673. The van der Waals surface area contributed by atoms with E-state index in [1.807, 2.05) is 48.6 Å². The molecule has 0 aliphatic carbocycles. The van der Waals surface area contributed by atoms with Crippen molar-refractivity contribution in [1.29, 1.82) is 5.26 Å². The average Bonchev–Trinajstić information content (AvgIpc) is 2.89. The highest BCUT2D eigenvalue weighted by molar-refractivity contribution is 7.98. The number of rotatable bonds is 3. The molecule has 0 N–H and O–H groups in total. The van der Waals surface area contributed by atoms with Crippen LogP contribution in [-0.2, 0) is 5.75 Å². The van der Waals surface area contributed by atoms with Gasteiger partial charge in [-0.05, 0) is 31.5 Å². The van der Waals surface area contributed by atoms with Crippen LogP contribution in [0.4, 0.5) is 0 Å². The van der Waals surface area contributed by atoms with Crippen LogP contribution in [0, 0.1) is 25.2 Å². The molecule has 3 aromatic rings. The third-order valence-corrected chi connectivity index (χ3v) is 4.11. The van der Waals surface area contributed by atoms with Crippen LogP contribution in [0.2, 0.25) is 0 Å². The number of aromatic nitrogens is 4. The molecule has 0 aliphatic heterocycles. The maximum atomic E-state index is 8.80. The number of hydrogen-bond acceptors (Lipinski definition) is 5. The standard InChI is InChI=1S/C15H13N5S/c1-10-7-14-18-19-15(20(14)11(2)17-10)21-9-13-5-3-12(8-16)4-6-13/h3-7H,9H2,1-2H3. The summed E-state index contributed by atoms with van der Waals surface area (Å²) in [7, 11) is 0. The first-order valence-corrected chi connectivity index (χ1v) is 7.47. The summed E-state index contributed by atoms with van der Waals surface area (Å²) in [6.07, 6.45) is 0. The Morgan fingerprint density at radius 3 is 2.67 bits per heavy atom. The zero-order valence-electron chi connectivity index (χ0n) is 11.7. The summed E-state index contributed by atoms with van der Waals surface area (Å²) in [6, 6.07) is 11.6. The Kier molecular flexibility index (Phi) is 3.59. The number of nitrogens with zero attached hydrogens (tertiary/aromatic N) is 5. The van der Waals surface area contributed by atoms with Crippen LogP contribution in [0.15, 0.2) is 35.5 Å². The molecule has 0 unspecified atom stereocenters. The second kappa shape index (κ2) is 5.54. The van der Waals surface area contributed by atoms with Crippen molar-refractivity contribution >= 4 is 17.4 Å². The maximum absolute atomic E-state index is 8.80. The van der Waals surface area contributed by atoms with Gasteiger partial charge in [-0.15, -0.1) is 10.2 Å². The van der Waals surface area contributed by atoms with E-state index < -0.39 is 0 Å². The van der Waals surface area contributed by atoms with Gasteiger partial charge in [-0.2, -0.15) is 5.26 Å². The normalized spacial score (nSPS) is 10.7. The number of thioether (sulfide) groups is 1. The number of hydrogen-bond donors (Lipinski definition) is 0. The molecule has 0 amide bonds. The summed E-state index contributed by atoms with van der Waals surface area (Å²) >= 11 is 1.61. The fourth-order valence-electron chi connectivity index (χ4n) is 2.12. The molecule has 0 bridgehead atoms. The molecule has 0 spiro atoms. The minimum Gasteiger partial charge on any atom is -0.258 e. The Morgan fingerprint density at radius 1 is 1.19 bits per heavy atom. The van der Waals surface area contributed by atoms with Gasteiger partial charge in [-0.3, -0.25) is 4.40 Å². The molecule has 104 valence electrons. The van der Waals surface area contributed by atoms with Gasteiger partial charge in [0.25, 0.3) is 0 Å². The topological polar surface area (TPSA) is 66.9 Å². The van der Waals surface area contributed by atoms with Crippen LogP contribution in [-0.4, -0.2) is 19.6 Å². The van der Waals surface area contributed by atoms with Crippen LogP contribution in [0.1, 0.15) is 22.6 Å². The lowest BCUT2D eigenvalue weighted by Gasteiger charge is -2.04. The predicted molar refractivity (Wildman–Crippen MR) is 81.0 cm³/mol. The summed E-state index contributed by atoms with van der Waals surface area (Å²) in [6.45, 7) is 3.90. The zero-order valence-corrected chi connectivity index (χ0v) is 12.6. The average molecular weight is 295 g/mol. The number of fused-ring (bicyclic) bond motifs is 1. The van der Waals surface area contributed by atoms with Gasteiger partial charge in [0, 0.05) is 17.5 Å². The van der Waals surface area contributed by atoms with Crippen LogP contribution in [0.5, 0.6) is 0 Å². The minimum absolute atomic E-state index is 0.673. The zero-order chi connectivity index (χ0) is 14.8. The lowest BCUT2D eigenvalue weighted by molar-refractivity contribution is 0.854. The molecular formula is C15H13N5S. The van der Waals surface area contributed by atoms with Crippen molar-refractivity contribution in [3.8, 4) is 6.07 Å². The van der Waals surface area contributed by atoms with Crippen LogP contribution >= 0.6 is 11.8 Å². The van der Waals surface area contributed by atoms with E-state index in [0.717, 1.165) is 33.6 Å². The lowest BCUT2D eigenvalue weighted by atomic mass is 10.2. The molecule has 2 heterocycles. The van der Waals surface area contributed by atoms with Crippen molar-refractivity contribution in [3.05, 3.63) is 53.0 Å². The quantitative estimate of drug-likeness (QED) is 0.695. The highest BCUT2D eigenvalue weighted by Gasteiger charge is 2.10. The third kappa shape index (κ3) is 2.73. The summed E-state index contributed by atoms with van der Waals surface area (Å²) < 4.78 is 1.96. The fourth-order valence-corrected chi connectivity index (χ4v) is 3.06. The number of benzene rings is 1. The summed E-state index contributed by atoms with van der Waals surface area (Å²) in [4.78, 5) is 4.45. The molecule has 0 radical (unpaired) electrons. The van der Waals surface area contributed by atoms with Gasteiger partial charge >= 0.3 is 0 Å². The summed E-state index contributed by atoms with van der Waals surface area (Å²) in [5.74, 6) is 1.66. The van der Waals surface area contributed by atoms with Crippen molar-refractivity contribution in [2.24, 2.45) is 0 Å². The highest BCUT2D eigenvalue weighted by atomic mass is 32.2. The lowest BCUT2D eigenvalue weighted by Crippen LogP contribution is -1.98. The molecule has 6 heteroatoms. The Balaban J connectivity index is 1.83. The Labute approximate surface area is 126 Å².